The van der Waals surface area contributed by atoms with Crippen LogP contribution in [0, 0.1) is 0 Å². The summed E-state index contributed by atoms with van der Waals surface area (Å²) in [5.41, 5.74) is -3.26. The first kappa shape index (κ1) is 70.2. The molecule has 2 fully saturated rings. The summed E-state index contributed by atoms with van der Waals surface area (Å²) >= 11 is 0. The van der Waals surface area contributed by atoms with Gasteiger partial charge in [-0.05, 0) is 187 Å². The highest BCUT2D eigenvalue weighted by Crippen LogP contribution is 2.20. The third-order valence-electron chi connectivity index (χ3n) is 12.7. The van der Waals surface area contributed by atoms with E-state index < -0.39 is 58.5 Å². The van der Waals surface area contributed by atoms with Gasteiger partial charge in [-0.2, -0.15) is 0 Å². The number of benzene rings is 1. The Hall–Kier alpha value is -6.06. The summed E-state index contributed by atoms with van der Waals surface area (Å²) in [6.07, 6.45) is 0.574. The van der Waals surface area contributed by atoms with Gasteiger partial charge in [0, 0.05) is 116 Å². The van der Waals surface area contributed by atoms with Gasteiger partial charge in [-0.25, -0.2) is 24.0 Å². The van der Waals surface area contributed by atoms with E-state index in [1.807, 2.05) is 20.8 Å². The van der Waals surface area contributed by atoms with Crippen LogP contribution in [-0.2, 0) is 33.2 Å². The first-order chi connectivity index (χ1) is 38.0. The molecule has 2 saturated heterocycles. The van der Waals surface area contributed by atoms with E-state index in [1.165, 1.54) is 14.7 Å². The molecule has 0 aromatic heterocycles. The van der Waals surface area contributed by atoms with E-state index >= 15 is 0 Å². The minimum absolute atomic E-state index is 0.0989. The molecule has 0 unspecified atom stereocenters. The molecular weight excluding hydrogens is 1060 g/mol. The molecule has 0 radical (unpaired) electrons. The number of nitrogens with zero attached hydrogens (tertiary/aromatic N) is 8. The molecular formula is C60H102N8O14. The van der Waals surface area contributed by atoms with Gasteiger partial charge in [-0.3, -0.25) is 14.4 Å². The van der Waals surface area contributed by atoms with Crippen LogP contribution in [0.25, 0.3) is 0 Å². The van der Waals surface area contributed by atoms with Crippen LogP contribution in [-0.4, -0.2) is 233 Å². The Balaban J connectivity index is 1.98. The van der Waals surface area contributed by atoms with Crippen molar-refractivity contribution in [1.82, 2.24) is 39.2 Å². The van der Waals surface area contributed by atoms with Crippen molar-refractivity contribution < 1.29 is 66.8 Å². The van der Waals surface area contributed by atoms with Crippen molar-refractivity contribution in [3.63, 3.8) is 0 Å². The van der Waals surface area contributed by atoms with Gasteiger partial charge in [-0.1, -0.05) is 0 Å². The number of unbranched alkanes of at least 4 members (excludes halogenated alkanes) is 1. The van der Waals surface area contributed by atoms with Crippen LogP contribution >= 0.6 is 0 Å². The summed E-state index contributed by atoms with van der Waals surface area (Å²) in [6, 6.07) is 6.45. The number of ether oxygens (including phenoxy) is 6. The SMILES string of the molecule is CCOC(=O)CCCCN1CCCN(C(=O)c2ccc(C(=O)N3CCCN(C(=O)OC(C)(C)C)CCN(C(=O)OC(C)(C)C)CCCN(C(=O)OC(C)(C)C)CC3)cc2)CCN(C(=O)OC(C)(C)C)CCCN(C(=O)OC(C)(C)C)CC1. The molecule has 2 aliphatic rings. The van der Waals surface area contributed by atoms with Crippen LogP contribution in [0.5, 0.6) is 0 Å². The van der Waals surface area contributed by atoms with Crippen molar-refractivity contribution in [2.75, 3.05) is 118 Å². The molecule has 0 aliphatic carbocycles. The molecule has 0 N–H and O–H groups in total. The molecule has 2 aliphatic heterocycles. The lowest BCUT2D eigenvalue weighted by molar-refractivity contribution is -0.143. The minimum atomic E-state index is -0.806. The molecule has 1 aromatic carbocycles. The molecule has 0 saturated carbocycles. The average molecular weight is 1160 g/mol. The van der Waals surface area contributed by atoms with Gasteiger partial charge in [0.15, 0.2) is 0 Å². The van der Waals surface area contributed by atoms with Crippen LogP contribution < -0.4 is 0 Å². The highest BCUT2D eigenvalue weighted by molar-refractivity contribution is 5.98. The largest absolute Gasteiger partial charge is 0.466 e. The fraction of sp³-hybridized carbons (Fsp3) is 0.767. The third kappa shape index (κ3) is 27.8. The van der Waals surface area contributed by atoms with E-state index in [0.717, 1.165) is 0 Å². The first-order valence-electron chi connectivity index (χ1n) is 29.5. The molecule has 3 rings (SSSR count). The molecule has 0 atom stereocenters. The van der Waals surface area contributed by atoms with E-state index in [2.05, 4.69) is 4.90 Å². The molecule has 22 heteroatoms. The third-order valence-corrected chi connectivity index (χ3v) is 12.7. The van der Waals surface area contributed by atoms with Gasteiger partial charge in [0.25, 0.3) is 11.8 Å². The Kier molecular flexibility index (Phi) is 27.5. The summed E-state index contributed by atoms with van der Waals surface area (Å²) in [4.78, 5) is 123. The number of carbonyl (C=O) groups is 8. The highest BCUT2D eigenvalue weighted by atomic mass is 16.6. The fourth-order valence-electron chi connectivity index (χ4n) is 8.86. The lowest BCUT2D eigenvalue weighted by atomic mass is 10.1. The molecule has 22 nitrogen and oxygen atoms in total. The Labute approximate surface area is 489 Å². The normalized spacial score (nSPS) is 17.2. The predicted molar refractivity (Wildman–Crippen MR) is 313 cm³/mol. The zero-order valence-electron chi connectivity index (χ0n) is 52.8. The molecule has 0 spiro atoms. The summed E-state index contributed by atoms with van der Waals surface area (Å²) in [7, 11) is 0. The minimum Gasteiger partial charge on any atom is -0.466 e. The zero-order valence-corrected chi connectivity index (χ0v) is 52.8. The second-order valence-electron chi connectivity index (χ2n) is 26.0. The van der Waals surface area contributed by atoms with Crippen molar-refractivity contribution in [2.24, 2.45) is 0 Å². The number of hydrogen-bond acceptors (Lipinski definition) is 15. The van der Waals surface area contributed by atoms with Gasteiger partial charge in [-0.15, -0.1) is 0 Å². The van der Waals surface area contributed by atoms with Crippen LogP contribution in [0.4, 0.5) is 24.0 Å². The number of hydrogen-bond donors (Lipinski definition) is 0. The molecule has 7 amide bonds. The highest BCUT2D eigenvalue weighted by Gasteiger charge is 2.31. The van der Waals surface area contributed by atoms with E-state index in [-0.39, 0.29) is 89.8 Å². The fourth-order valence-corrected chi connectivity index (χ4v) is 8.86. The van der Waals surface area contributed by atoms with Gasteiger partial charge >= 0.3 is 36.4 Å². The van der Waals surface area contributed by atoms with Crippen molar-refractivity contribution in [1.29, 1.82) is 0 Å². The smallest absolute Gasteiger partial charge is 0.410 e. The lowest BCUT2D eigenvalue weighted by Gasteiger charge is -2.34. The van der Waals surface area contributed by atoms with Crippen LogP contribution in [0.15, 0.2) is 24.3 Å². The second kappa shape index (κ2) is 32.1. The summed E-state index contributed by atoms with van der Waals surface area (Å²) in [5.74, 6) is -0.900. The summed E-state index contributed by atoms with van der Waals surface area (Å²) in [5, 5.41) is 0. The summed E-state index contributed by atoms with van der Waals surface area (Å²) < 4.78 is 34.1. The molecule has 82 heavy (non-hydrogen) atoms. The molecule has 0 bridgehead atoms. The lowest BCUT2D eigenvalue weighted by Crippen LogP contribution is -2.48. The van der Waals surface area contributed by atoms with E-state index in [9.17, 15) is 38.4 Å². The Morgan fingerprint density at radius 2 is 0.610 bits per heavy atom. The number of carbonyl (C=O) groups excluding carboxylic acids is 8. The van der Waals surface area contributed by atoms with Crippen molar-refractivity contribution >= 4 is 48.2 Å². The second-order valence-corrected chi connectivity index (χ2v) is 26.0. The molecule has 466 valence electrons. The standard InChI is InChI=1S/C60H102N8O14/c1-17-77-48(69)24-18-19-29-61-30-20-31-62(40-42-65(52(73)79-57(5,6)7)35-22-34-64(39-38-61)51(72)78-56(2,3)4)49(70)46-25-27-47(28-26-46)50(71)63-32-21-33-67(54(75)81-59(11,12)13)44-45-68(55(76)82-60(14,15)16)37-23-36-66(43-41-63)53(74)80-58(8,9)10/h25-28H,17-24,29-45H2,1-16H3. The maximum absolute atomic E-state index is 14.7. The van der Waals surface area contributed by atoms with Gasteiger partial charge < -0.3 is 67.6 Å². The zero-order chi connectivity index (χ0) is 61.6. The topological polar surface area (TPSA) is 218 Å². The van der Waals surface area contributed by atoms with E-state index in [1.54, 1.807) is 134 Å². The monoisotopic (exact) mass is 1160 g/mol. The van der Waals surface area contributed by atoms with Crippen molar-refractivity contribution in [3.8, 4) is 0 Å². The van der Waals surface area contributed by atoms with Crippen LogP contribution in [0.2, 0.25) is 0 Å². The van der Waals surface area contributed by atoms with Gasteiger partial charge in [0.2, 0.25) is 0 Å². The Bertz CT molecular complexity index is 2230. The number of amides is 7. The van der Waals surface area contributed by atoms with Gasteiger partial charge in [0.1, 0.15) is 28.0 Å². The maximum atomic E-state index is 14.7. The van der Waals surface area contributed by atoms with E-state index in [0.29, 0.717) is 102 Å². The Morgan fingerprint density at radius 1 is 0.354 bits per heavy atom. The number of esters is 1. The molecule has 1 aromatic rings. The first-order valence-corrected chi connectivity index (χ1v) is 29.5. The van der Waals surface area contributed by atoms with E-state index in [4.69, 9.17) is 28.4 Å². The molecule has 2 heterocycles. The average Bonchev–Trinajstić information content (AvgIpc) is 3.43. The van der Waals surface area contributed by atoms with Crippen molar-refractivity contribution in [2.45, 2.75) is 184 Å². The summed E-state index contributed by atoms with van der Waals surface area (Å²) in [6.45, 7) is 33.3. The van der Waals surface area contributed by atoms with Crippen molar-refractivity contribution in [3.05, 3.63) is 35.4 Å². The quantitative estimate of drug-likeness (QED) is 0.135. The number of rotatable bonds is 8. The maximum Gasteiger partial charge on any atom is 0.410 e. The van der Waals surface area contributed by atoms with Crippen LogP contribution in [0.1, 0.15) is 176 Å². The van der Waals surface area contributed by atoms with Gasteiger partial charge in [0.05, 0.1) is 6.61 Å². The predicted octanol–water partition coefficient (Wildman–Crippen LogP) is 9.38. The Morgan fingerprint density at radius 3 is 0.890 bits per heavy atom. The van der Waals surface area contributed by atoms with Crippen LogP contribution in [0.3, 0.4) is 0 Å².